The molecule has 5 nitrogen and oxygen atoms in total. The highest BCUT2D eigenvalue weighted by Crippen LogP contribution is 2.33. The molecule has 6 heteroatoms. The molecule has 2 heterocycles. The van der Waals surface area contributed by atoms with Crippen LogP contribution in [0.5, 0.6) is 5.75 Å². The lowest BCUT2D eigenvalue weighted by atomic mass is 10.0. The van der Waals surface area contributed by atoms with E-state index in [0.717, 1.165) is 25.9 Å². The third kappa shape index (κ3) is 3.45. The highest BCUT2D eigenvalue weighted by molar-refractivity contribution is 5.91. The first-order chi connectivity index (χ1) is 13.0. The number of halogens is 1. The number of para-hydroxylation sites is 1. The van der Waals surface area contributed by atoms with E-state index in [1.165, 1.54) is 12.1 Å². The number of phenolic OH excluding ortho intramolecular Hbond substituents is 1. The van der Waals surface area contributed by atoms with Crippen molar-refractivity contribution >= 4 is 16.7 Å². The Bertz CT molecular complexity index is 970. The number of nitrogens with zero attached hydrogens (tertiary/aromatic N) is 4. The van der Waals surface area contributed by atoms with E-state index in [0.29, 0.717) is 34.2 Å². The summed E-state index contributed by atoms with van der Waals surface area (Å²) in [6.45, 7) is 2.05. The highest BCUT2D eigenvalue weighted by Gasteiger charge is 2.24. The molecule has 2 aromatic carbocycles. The van der Waals surface area contributed by atoms with Crippen molar-refractivity contribution in [2.75, 3.05) is 32.1 Å². The third-order valence-corrected chi connectivity index (χ3v) is 5.35. The molecule has 4 rings (SSSR count). The van der Waals surface area contributed by atoms with Crippen LogP contribution >= 0.6 is 0 Å². The molecule has 1 aromatic heterocycles. The molecule has 0 aliphatic carbocycles. The van der Waals surface area contributed by atoms with E-state index in [1.54, 1.807) is 24.3 Å². The average Bonchev–Trinajstić information content (AvgIpc) is 2.68. The van der Waals surface area contributed by atoms with Gasteiger partial charge in [-0.25, -0.2) is 14.4 Å². The summed E-state index contributed by atoms with van der Waals surface area (Å²) in [4.78, 5) is 13.8. The molecule has 3 aromatic rings. The summed E-state index contributed by atoms with van der Waals surface area (Å²) in [6.07, 6.45) is 2.06. The molecule has 0 bridgehead atoms. The molecule has 1 aliphatic rings. The lowest BCUT2D eigenvalue weighted by Gasteiger charge is -2.36. The maximum Gasteiger partial charge on any atom is 0.165 e. The molecule has 140 valence electrons. The summed E-state index contributed by atoms with van der Waals surface area (Å²) < 4.78 is 13.9. The number of aromatic nitrogens is 2. The van der Waals surface area contributed by atoms with Crippen LogP contribution in [0.4, 0.5) is 10.2 Å². The minimum Gasteiger partial charge on any atom is -0.507 e. The number of hydrogen-bond donors (Lipinski definition) is 1. The van der Waals surface area contributed by atoms with Crippen LogP contribution in [0.25, 0.3) is 22.3 Å². The second-order valence-electron chi connectivity index (χ2n) is 7.19. The fourth-order valence-corrected chi connectivity index (χ4v) is 3.69. The van der Waals surface area contributed by atoms with Gasteiger partial charge in [-0.1, -0.05) is 12.1 Å². The van der Waals surface area contributed by atoms with Gasteiger partial charge in [-0.15, -0.1) is 0 Å². The summed E-state index contributed by atoms with van der Waals surface area (Å²) >= 11 is 0. The number of hydrogen-bond acceptors (Lipinski definition) is 5. The molecule has 0 atom stereocenters. The van der Waals surface area contributed by atoms with Gasteiger partial charge in [0.15, 0.2) is 5.82 Å². The van der Waals surface area contributed by atoms with Gasteiger partial charge in [0.05, 0.1) is 11.1 Å². The van der Waals surface area contributed by atoms with E-state index in [9.17, 15) is 9.50 Å². The predicted octanol–water partition coefficient (Wildman–Crippen LogP) is 3.67. The molecule has 27 heavy (non-hydrogen) atoms. The monoisotopic (exact) mass is 366 g/mol. The molecule has 0 amide bonds. The first kappa shape index (κ1) is 17.7. The van der Waals surface area contributed by atoms with E-state index in [1.807, 2.05) is 13.1 Å². The van der Waals surface area contributed by atoms with Gasteiger partial charge >= 0.3 is 0 Å². The molecule has 0 radical (unpaired) electrons. The Morgan fingerprint density at radius 3 is 2.59 bits per heavy atom. The van der Waals surface area contributed by atoms with Crippen molar-refractivity contribution < 1.29 is 9.50 Å². The van der Waals surface area contributed by atoms with Crippen LogP contribution in [0.15, 0.2) is 42.5 Å². The first-order valence-electron chi connectivity index (χ1n) is 9.20. The smallest absolute Gasteiger partial charge is 0.165 e. The number of benzene rings is 2. The van der Waals surface area contributed by atoms with E-state index in [4.69, 9.17) is 4.98 Å². The van der Waals surface area contributed by atoms with Crippen molar-refractivity contribution in [3.05, 3.63) is 48.3 Å². The highest BCUT2D eigenvalue weighted by atomic mass is 19.1. The van der Waals surface area contributed by atoms with Crippen LogP contribution in [0.1, 0.15) is 12.8 Å². The van der Waals surface area contributed by atoms with Gasteiger partial charge in [0.1, 0.15) is 17.4 Å². The van der Waals surface area contributed by atoms with Gasteiger partial charge in [0.2, 0.25) is 0 Å². The summed E-state index contributed by atoms with van der Waals surface area (Å²) in [6, 6.07) is 11.9. The minimum atomic E-state index is -0.306. The molecular formula is C21H23FN4O. The van der Waals surface area contributed by atoms with Crippen molar-refractivity contribution in [1.29, 1.82) is 0 Å². The van der Waals surface area contributed by atoms with Gasteiger partial charge in [0.25, 0.3) is 0 Å². The van der Waals surface area contributed by atoms with Gasteiger partial charge in [-0.2, -0.15) is 0 Å². The zero-order valence-electron chi connectivity index (χ0n) is 15.6. The van der Waals surface area contributed by atoms with Gasteiger partial charge in [-0.05, 0) is 63.3 Å². The quantitative estimate of drug-likeness (QED) is 0.766. The number of rotatable bonds is 3. The number of fused-ring (bicyclic) bond motifs is 1. The van der Waals surface area contributed by atoms with Crippen LogP contribution in [-0.2, 0) is 0 Å². The fraction of sp³-hybridized carbons (Fsp3) is 0.333. The van der Waals surface area contributed by atoms with Crippen LogP contribution in [0.2, 0.25) is 0 Å². The zero-order chi connectivity index (χ0) is 19.0. The van der Waals surface area contributed by atoms with Crippen molar-refractivity contribution in [2.45, 2.75) is 18.9 Å². The van der Waals surface area contributed by atoms with Crippen molar-refractivity contribution in [3.8, 4) is 17.1 Å². The number of likely N-dealkylation sites (tertiary alicyclic amines) is 1. The lowest BCUT2D eigenvalue weighted by molar-refractivity contribution is 0.252. The topological polar surface area (TPSA) is 52.5 Å². The molecule has 0 saturated carbocycles. The standard InChI is InChI=1S/C21H23FN4O/c1-25-11-9-15(10-12-25)26(2)21-17-13-14(22)7-8-18(17)23-20(24-21)16-5-3-4-6-19(16)27/h3-8,13,15,27H,9-12H2,1-2H3. The van der Waals surface area contributed by atoms with Gasteiger partial charge in [0, 0.05) is 18.5 Å². The molecule has 0 unspecified atom stereocenters. The Balaban J connectivity index is 1.84. The normalized spacial score (nSPS) is 16.0. The number of aromatic hydroxyl groups is 1. The summed E-state index contributed by atoms with van der Waals surface area (Å²) in [7, 11) is 4.14. The Morgan fingerprint density at radius 1 is 1.11 bits per heavy atom. The van der Waals surface area contributed by atoms with Crippen molar-refractivity contribution in [2.24, 2.45) is 0 Å². The van der Waals surface area contributed by atoms with E-state index in [2.05, 4.69) is 21.8 Å². The van der Waals surface area contributed by atoms with Crippen LogP contribution in [0, 0.1) is 5.82 Å². The number of phenols is 1. The van der Waals surface area contributed by atoms with Crippen molar-refractivity contribution in [3.63, 3.8) is 0 Å². The molecule has 1 fully saturated rings. The minimum absolute atomic E-state index is 0.131. The second kappa shape index (κ2) is 7.12. The molecule has 1 saturated heterocycles. The fourth-order valence-electron chi connectivity index (χ4n) is 3.69. The molecular weight excluding hydrogens is 343 g/mol. The maximum atomic E-state index is 13.9. The Labute approximate surface area is 158 Å². The summed E-state index contributed by atoms with van der Waals surface area (Å²) in [5, 5.41) is 10.9. The van der Waals surface area contributed by atoms with E-state index in [-0.39, 0.29) is 11.6 Å². The Morgan fingerprint density at radius 2 is 1.85 bits per heavy atom. The summed E-state index contributed by atoms with van der Waals surface area (Å²) in [5.74, 6) is 0.973. The largest absolute Gasteiger partial charge is 0.507 e. The van der Waals surface area contributed by atoms with Crippen LogP contribution < -0.4 is 4.90 Å². The van der Waals surface area contributed by atoms with Crippen LogP contribution in [0.3, 0.4) is 0 Å². The lowest BCUT2D eigenvalue weighted by Crippen LogP contribution is -2.42. The summed E-state index contributed by atoms with van der Waals surface area (Å²) in [5.41, 5.74) is 1.24. The van der Waals surface area contributed by atoms with E-state index < -0.39 is 0 Å². The molecule has 1 N–H and O–H groups in total. The van der Waals surface area contributed by atoms with E-state index >= 15 is 0 Å². The second-order valence-corrected chi connectivity index (χ2v) is 7.19. The molecule has 1 aliphatic heterocycles. The zero-order valence-corrected chi connectivity index (χ0v) is 15.6. The molecule has 0 spiro atoms. The Hall–Kier alpha value is -2.73. The van der Waals surface area contributed by atoms with Gasteiger partial charge < -0.3 is 14.9 Å². The van der Waals surface area contributed by atoms with Crippen LogP contribution in [-0.4, -0.2) is 53.2 Å². The van der Waals surface area contributed by atoms with Gasteiger partial charge in [-0.3, -0.25) is 0 Å². The first-order valence-corrected chi connectivity index (χ1v) is 9.20. The Kier molecular flexibility index (Phi) is 4.66. The third-order valence-electron chi connectivity index (χ3n) is 5.35. The number of piperidine rings is 1. The maximum absolute atomic E-state index is 13.9. The number of anilines is 1. The average molecular weight is 366 g/mol. The SMILES string of the molecule is CN1CCC(N(C)c2nc(-c3ccccc3O)nc3ccc(F)cc23)CC1. The predicted molar refractivity (Wildman–Crippen MR) is 106 cm³/mol. The van der Waals surface area contributed by atoms with Crippen molar-refractivity contribution in [1.82, 2.24) is 14.9 Å².